The van der Waals surface area contributed by atoms with Crippen LogP contribution in [-0.2, 0) is 6.42 Å². The van der Waals surface area contributed by atoms with Gasteiger partial charge in [0, 0.05) is 13.1 Å². The molecule has 5 nitrogen and oxygen atoms in total. The highest BCUT2D eigenvalue weighted by atomic mass is 16.5. The Kier molecular flexibility index (Phi) is 6.34. The van der Waals surface area contributed by atoms with E-state index in [2.05, 4.69) is 10.2 Å². The van der Waals surface area contributed by atoms with Gasteiger partial charge < -0.3 is 20.1 Å². The van der Waals surface area contributed by atoms with Crippen molar-refractivity contribution in [2.75, 3.05) is 32.8 Å². The topological polar surface area (TPSA) is 61.8 Å². The number of likely N-dealkylation sites (tertiary alicyclic amines) is 1. The first-order chi connectivity index (χ1) is 10.2. The molecule has 0 aliphatic carbocycles. The average molecular weight is 292 g/mol. The summed E-state index contributed by atoms with van der Waals surface area (Å²) in [5, 5.41) is 10.9. The van der Waals surface area contributed by atoms with Crippen LogP contribution in [0.2, 0.25) is 0 Å². The van der Waals surface area contributed by atoms with Crippen LogP contribution in [0, 0.1) is 0 Å². The largest absolute Gasteiger partial charge is 0.494 e. The number of rotatable bonds is 8. The van der Waals surface area contributed by atoms with Crippen molar-refractivity contribution in [1.29, 1.82) is 0 Å². The van der Waals surface area contributed by atoms with Gasteiger partial charge in [0.15, 0.2) is 0 Å². The van der Waals surface area contributed by atoms with E-state index in [-0.39, 0.29) is 0 Å². The lowest BCUT2D eigenvalue weighted by atomic mass is 10.1. The second kappa shape index (κ2) is 8.52. The van der Waals surface area contributed by atoms with E-state index >= 15 is 0 Å². The molecule has 5 heteroatoms. The van der Waals surface area contributed by atoms with E-state index in [9.17, 15) is 4.79 Å². The van der Waals surface area contributed by atoms with Crippen molar-refractivity contribution in [1.82, 2.24) is 10.2 Å². The molecule has 116 valence electrons. The number of amides is 1. The summed E-state index contributed by atoms with van der Waals surface area (Å²) in [6.45, 7) is 4.78. The fourth-order valence-electron chi connectivity index (χ4n) is 2.55. The molecule has 1 aromatic rings. The number of ether oxygens (including phenoxy) is 1. The fourth-order valence-corrected chi connectivity index (χ4v) is 2.55. The predicted octanol–water partition coefficient (Wildman–Crippen LogP) is 2.36. The Morgan fingerprint density at radius 3 is 2.62 bits per heavy atom. The third-order valence-corrected chi connectivity index (χ3v) is 3.70. The van der Waals surface area contributed by atoms with Crippen LogP contribution in [0.5, 0.6) is 5.75 Å². The van der Waals surface area contributed by atoms with Gasteiger partial charge in [0.2, 0.25) is 0 Å². The van der Waals surface area contributed by atoms with Crippen molar-refractivity contribution in [3.63, 3.8) is 0 Å². The van der Waals surface area contributed by atoms with Crippen LogP contribution in [-0.4, -0.2) is 48.9 Å². The number of nitrogens with one attached hydrogen (secondary N) is 1. The Morgan fingerprint density at radius 2 is 1.95 bits per heavy atom. The van der Waals surface area contributed by atoms with E-state index in [4.69, 9.17) is 9.84 Å². The molecule has 0 bridgehead atoms. The Bertz CT molecular complexity index is 428. The van der Waals surface area contributed by atoms with Crippen molar-refractivity contribution in [3.8, 4) is 5.75 Å². The van der Waals surface area contributed by atoms with Gasteiger partial charge in [0.05, 0.1) is 6.61 Å². The van der Waals surface area contributed by atoms with Crippen LogP contribution in [0.3, 0.4) is 0 Å². The summed E-state index contributed by atoms with van der Waals surface area (Å²) < 4.78 is 5.73. The van der Waals surface area contributed by atoms with Gasteiger partial charge in [-0.05, 0) is 56.5 Å². The third-order valence-electron chi connectivity index (χ3n) is 3.70. The number of carbonyl (C=O) groups is 1. The molecule has 2 rings (SSSR count). The Balaban J connectivity index is 1.61. The second-order valence-electron chi connectivity index (χ2n) is 5.38. The molecule has 1 saturated heterocycles. The van der Waals surface area contributed by atoms with Crippen molar-refractivity contribution in [2.24, 2.45) is 0 Å². The number of hydrogen-bond donors (Lipinski definition) is 2. The predicted molar refractivity (Wildman–Crippen MR) is 82.0 cm³/mol. The zero-order chi connectivity index (χ0) is 14.9. The molecule has 1 aliphatic heterocycles. The van der Waals surface area contributed by atoms with E-state index in [0.717, 1.165) is 30.9 Å². The van der Waals surface area contributed by atoms with Gasteiger partial charge in [0.1, 0.15) is 5.75 Å². The molecular formula is C16H24N2O3. The highest BCUT2D eigenvalue weighted by molar-refractivity contribution is 5.64. The average Bonchev–Trinajstić information content (AvgIpc) is 2.98. The van der Waals surface area contributed by atoms with Crippen molar-refractivity contribution in [3.05, 3.63) is 29.8 Å². The molecule has 0 spiro atoms. The van der Waals surface area contributed by atoms with Gasteiger partial charge in [-0.2, -0.15) is 0 Å². The van der Waals surface area contributed by atoms with Crippen molar-refractivity contribution < 1.29 is 14.6 Å². The van der Waals surface area contributed by atoms with Gasteiger partial charge in [0.25, 0.3) is 0 Å². The second-order valence-corrected chi connectivity index (χ2v) is 5.38. The lowest BCUT2D eigenvalue weighted by Gasteiger charge is -2.14. The molecule has 1 fully saturated rings. The van der Waals surface area contributed by atoms with Gasteiger partial charge in [-0.3, -0.25) is 0 Å². The smallest absolute Gasteiger partial charge is 0.404 e. The van der Waals surface area contributed by atoms with Gasteiger partial charge >= 0.3 is 6.09 Å². The SMILES string of the molecule is O=C(O)NCCc1ccc(OCCCN2CCCC2)cc1. The highest BCUT2D eigenvalue weighted by Crippen LogP contribution is 2.13. The fraction of sp³-hybridized carbons (Fsp3) is 0.562. The van der Waals surface area contributed by atoms with Crippen molar-refractivity contribution >= 4 is 6.09 Å². The molecule has 0 saturated carbocycles. The van der Waals surface area contributed by atoms with E-state index in [0.29, 0.717) is 13.0 Å². The van der Waals surface area contributed by atoms with Crippen LogP contribution in [0.25, 0.3) is 0 Å². The lowest BCUT2D eigenvalue weighted by molar-refractivity contribution is 0.194. The summed E-state index contributed by atoms with van der Waals surface area (Å²) in [5.41, 5.74) is 1.10. The molecular weight excluding hydrogens is 268 g/mol. The molecule has 1 aromatic carbocycles. The maximum absolute atomic E-state index is 10.4. The molecule has 21 heavy (non-hydrogen) atoms. The minimum absolute atomic E-state index is 0.436. The third kappa shape index (κ3) is 6.04. The molecule has 0 aromatic heterocycles. The van der Waals surface area contributed by atoms with E-state index in [1.165, 1.54) is 25.9 Å². The first-order valence-corrected chi connectivity index (χ1v) is 7.65. The molecule has 1 amide bonds. The molecule has 0 unspecified atom stereocenters. The van der Waals surface area contributed by atoms with Crippen LogP contribution < -0.4 is 10.1 Å². The van der Waals surface area contributed by atoms with Gasteiger partial charge in [-0.1, -0.05) is 12.1 Å². The first-order valence-electron chi connectivity index (χ1n) is 7.65. The quantitative estimate of drug-likeness (QED) is 0.722. The first kappa shape index (κ1) is 15.6. The molecule has 1 aliphatic rings. The number of benzene rings is 1. The minimum Gasteiger partial charge on any atom is -0.494 e. The van der Waals surface area contributed by atoms with Crippen LogP contribution in [0.4, 0.5) is 4.79 Å². The maximum Gasteiger partial charge on any atom is 0.404 e. The van der Waals surface area contributed by atoms with Crippen molar-refractivity contribution in [2.45, 2.75) is 25.7 Å². The Hall–Kier alpha value is -1.75. The lowest BCUT2D eigenvalue weighted by Crippen LogP contribution is -2.23. The van der Waals surface area contributed by atoms with E-state index < -0.39 is 6.09 Å². The Labute approximate surface area is 125 Å². The maximum atomic E-state index is 10.4. The van der Waals surface area contributed by atoms with Gasteiger partial charge in [-0.25, -0.2) is 4.79 Å². The van der Waals surface area contributed by atoms with Crippen LogP contribution in [0.15, 0.2) is 24.3 Å². The molecule has 0 atom stereocenters. The minimum atomic E-state index is -0.979. The number of nitrogens with zero attached hydrogens (tertiary/aromatic N) is 1. The molecule has 0 radical (unpaired) electrons. The summed E-state index contributed by atoms with van der Waals surface area (Å²) in [4.78, 5) is 12.8. The van der Waals surface area contributed by atoms with Gasteiger partial charge in [-0.15, -0.1) is 0 Å². The summed E-state index contributed by atoms with van der Waals surface area (Å²) in [6, 6.07) is 7.87. The zero-order valence-electron chi connectivity index (χ0n) is 12.4. The number of hydrogen-bond acceptors (Lipinski definition) is 3. The zero-order valence-corrected chi connectivity index (χ0v) is 12.4. The summed E-state index contributed by atoms with van der Waals surface area (Å²) >= 11 is 0. The standard InChI is InChI=1S/C16H24N2O3/c19-16(20)17-9-8-14-4-6-15(7-5-14)21-13-3-12-18-10-1-2-11-18/h4-7,17H,1-3,8-13H2,(H,19,20). The summed E-state index contributed by atoms with van der Waals surface area (Å²) in [5.74, 6) is 0.881. The molecule has 2 N–H and O–H groups in total. The normalized spacial score (nSPS) is 15.0. The summed E-state index contributed by atoms with van der Waals surface area (Å²) in [6.07, 6.45) is 3.44. The van der Waals surface area contributed by atoms with Crippen LogP contribution >= 0.6 is 0 Å². The van der Waals surface area contributed by atoms with E-state index in [1.54, 1.807) is 0 Å². The Morgan fingerprint density at radius 1 is 1.24 bits per heavy atom. The monoisotopic (exact) mass is 292 g/mol. The van der Waals surface area contributed by atoms with E-state index in [1.807, 2.05) is 24.3 Å². The van der Waals surface area contributed by atoms with Crippen LogP contribution in [0.1, 0.15) is 24.8 Å². The number of carboxylic acid groups (broad SMARTS) is 1. The molecule has 1 heterocycles. The summed E-state index contributed by atoms with van der Waals surface area (Å²) in [7, 11) is 0. The highest BCUT2D eigenvalue weighted by Gasteiger charge is 2.10.